The number of hydrogen-bond donors (Lipinski definition) is 2. The monoisotopic (exact) mass is 236 g/mol. The molecule has 0 unspecified atom stereocenters. The van der Waals surface area contributed by atoms with Gasteiger partial charge in [0.05, 0.1) is 12.2 Å². The fourth-order valence-electron chi connectivity index (χ4n) is 1.33. The van der Waals surface area contributed by atoms with Crippen molar-refractivity contribution >= 4 is 11.6 Å². The Labute approximate surface area is 102 Å². The van der Waals surface area contributed by atoms with E-state index >= 15 is 0 Å². The SMILES string of the molecule is CC(C)(C)CCOc1ccc(N)cc1C(N)=O. The minimum Gasteiger partial charge on any atom is -0.493 e. The van der Waals surface area contributed by atoms with Crippen molar-refractivity contribution in [2.75, 3.05) is 12.3 Å². The molecule has 0 saturated carbocycles. The first-order chi connectivity index (χ1) is 7.79. The van der Waals surface area contributed by atoms with Crippen LogP contribution in [0.2, 0.25) is 0 Å². The number of carbonyl (C=O) groups excluding carboxylic acids is 1. The van der Waals surface area contributed by atoms with Crippen LogP contribution in [0.5, 0.6) is 5.75 Å². The van der Waals surface area contributed by atoms with Gasteiger partial charge in [-0.05, 0) is 30.0 Å². The van der Waals surface area contributed by atoms with Crippen LogP contribution in [-0.2, 0) is 0 Å². The highest BCUT2D eigenvalue weighted by molar-refractivity contribution is 5.96. The van der Waals surface area contributed by atoms with Crippen molar-refractivity contribution in [2.24, 2.45) is 11.1 Å². The maximum atomic E-state index is 11.2. The van der Waals surface area contributed by atoms with Gasteiger partial charge in [0.25, 0.3) is 5.91 Å². The first-order valence-electron chi connectivity index (χ1n) is 5.62. The molecule has 1 aromatic carbocycles. The number of carbonyl (C=O) groups is 1. The van der Waals surface area contributed by atoms with Crippen LogP contribution in [0.4, 0.5) is 5.69 Å². The van der Waals surface area contributed by atoms with Crippen LogP contribution in [0.15, 0.2) is 18.2 Å². The topological polar surface area (TPSA) is 78.3 Å². The van der Waals surface area contributed by atoms with E-state index in [1.807, 2.05) is 0 Å². The first-order valence-corrected chi connectivity index (χ1v) is 5.62. The third kappa shape index (κ3) is 4.34. The van der Waals surface area contributed by atoms with Gasteiger partial charge in [0.2, 0.25) is 0 Å². The molecular weight excluding hydrogens is 216 g/mol. The molecule has 0 bridgehead atoms. The van der Waals surface area contributed by atoms with Crippen LogP contribution < -0.4 is 16.2 Å². The van der Waals surface area contributed by atoms with Gasteiger partial charge in [0, 0.05) is 5.69 Å². The highest BCUT2D eigenvalue weighted by atomic mass is 16.5. The molecule has 0 aliphatic rings. The number of hydrogen-bond acceptors (Lipinski definition) is 3. The lowest BCUT2D eigenvalue weighted by Crippen LogP contribution is -2.16. The molecule has 0 saturated heterocycles. The van der Waals surface area contributed by atoms with E-state index in [9.17, 15) is 4.79 Å². The Morgan fingerprint density at radius 1 is 1.35 bits per heavy atom. The largest absolute Gasteiger partial charge is 0.493 e. The number of rotatable bonds is 4. The molecule has 0 spiro atoms. The Hall–Kier alpha value is -1.71. The summed E-state index contributed by atoms with van der Waals surface area (Å²) >= 11 is 0. The Morgan fingerprint density at radius 2 is 2.00 bits per heavy atom. The fraction of sp³-hybridized carbons (Fsp3) is 0.462. The van der Waals surface area contributed by atoms with E-state index < -0.39 is 5.91 Å². The van der Waals surface area contributed by atoms with Crippen molar-refractivity contribution in [1.29, 1.82) is 0 Å². The summed E-state index contributed by atoms with van der Waals surface area (Å²) in [5.74, 6) is -0.0287. The second-order valence-corrected chi connectivity index (χ2v) is 5.28. The Kier molecular flexibility index (Phi) is 3.99. The standard InChI is InChI=1S/C13H20N2O2/c1-13(2,3)6-7-17-11-5-4-9(14)8-10(11)12(15)16/h4-5,8H,6-7,14H2,1-3H3,(H2,15,16). The molecule has 0 atom stereocenters. The zero-order valence-electron chi connectivity index (χ0n) is 10.6. The summed E-state index contributed by atoms with van der Waals surface area (Å²) in [5.41, 5.74) is 11.9. The fourth-order valence-corrected chi connectivity index (χ4v) is 1.33. The molecule has 1 aromatic rings. The van der Waals surface area contributed by atoms with Crippen LogP contribution in [0.3, 0.4) is 0 Å². The molecule has 4 nitrogen and oxygen atoms in total. The summed E-state index contributed by atoms with van der Waals surface area (Å²) in [4.78, 5) is 11.2. The van der Waals surface area contributed by atoms with Crippen LogP contribution >= 0.6 is 0 Å². The van der Waals surface area contributed by atoms with Gasteiger partial charge in [-0.15, -0.1) is 0 Å². The molecule has 0 fully saturated rings. The van der Waals surface area contributed by atoms with Crippen LogP contribution in [0.1, 0.15) is 37.6 Å². The maximum Gasteiger partial charge on any atom is 0.252 e. The number of ether oxygens (including phenoxy) is 1. The van der Waals surface area contributed by atoms with Crippen molar-refractivity contribution in [1.82, 2.24) is 0 Å². The maximum absolute atomic E-state index is 11.2. The van der Waals surface area contributed by atoms with Gasteiger partial charge in [-0.1, -0.05) is 20.8 Å². The predicted molar refractivity (Wildman–Crippen MR) is 68.9 cm³/mol. The van der Waals surface area contributed by atoms with Crippen molar-refractivity contribution in [2.45, 2.75) is 27.2 Å². The molecule has 0 heterocycles. The second kappa shape index (κ2) is 5.08. The third-order valence-electron chi connectivity index (χ3n) is 2.38. The molecule has 17 heavy (non-hydrogen) atoms. The second-order valence-electron chi connectivity index (χ2n) is 5.28. The molecule has 1 rings (SSSR count). The molecule has 94 valence electrons. The Bertz CT molecular complexity index is 408. The van der Waals surface area contributed by atoms with Gasteiger partial charge < -0.3 is 16.2 Å². The number of anilines is 1. The highest BCUT2D eigenvalue weighted by Crippen LogP contribution is 2.23. The lowest BCUT2D eigenvalue weighted by atomic mass is 9.93. The van der Waals surface area contributed by atoms with E-state index in [0.717, 1.165) is 6.42 Å². The van der Waals surface area contributed by atoms with Crippen LogP contribution in [0.25, 0.3) is 0 Å². The van der Waals surface area contributed by atoms with Gasteiger partial charge in [-0.2, -0.15) is 0 Å². The van der Waals surface area contributed by atoms with Gasteiger partial charge in [-0.25, -0.2) is 0 Å². The lowest BCUT2D eigenvalue weighted by Gasteiger charge is -2.18. The summed E-state index contributed by atoms with van der Waals surface area (Å²) in [6, 6.07) is 4.91. The molecule has 1 amide bonds. The molecule has 0 aliphatic carbocycles. The first kappa shape index (κ1) is 13.4. The summed E-state index contributed by atoms with van der Waals surface area (Å²) in [6.07, 6.45) is 0.898. The van der Waals surface area contributed by atoms with Crippen molar-refractivity contribution in [3.63, 3.8) is 0 Å². The lowest BCUT2D eigenvalue weighted by molar-refractivity contribution is 0.0996. The summed E-state index contributed by atoms with van der Waals surface area (Å²) < 4.78 is 5.57. The van der Waals surface area contributed by atoms with Gasteiger partial charge in [0.15, 0.2) is 0 Å². The summed E-state index contributed by atoms with van der Waals surface area (Å²) in [7, 11) is 0. The van der Waals surface area contributed by atoms with Gasteiger partial charge in [-0.3, -0.25) is 4.79 Å². The van der Waals surface area contributed by atoms with Gasteiger partial charge in [0.1, 0.15) is 5.75 Å². The Morgan fingerprint density at radius 3 is 2.53 bits per heavy atom. The van der Waals surface area contributed by atoms with E-state index in [1.54, 1.807) is 12.1 Å². The van der Waals surface area contributed by atoms with E-state index in [1.165, 1.54) is 6.07 Å². The molecule has 0 aromatic heterocycles. The quantitative estimate of drug-likeness (QED) is 0.786. The molecular formula is C13H20N2O2. The van der Waals surface area contributed by atoms with E-state index in [2.05, 4.69) is 20.8 Å². The van der Waals surface area contributed by atoms with E-state index in [-0.39, 0.29) is 5.41 Å². The summed E-state index contributed by atoms with van der Waals surface area (Å²) in [6.45, 7) is 6.95. The normalized spacial score (nSPS) is 11.2. The Balaban J connectivity index is 2.74. The van der Waals surface area contributed by atoms with Crippen LogP contribution in [-0.4, -0.2) is 12.5 Å². The number of nitrogens with two attached hydrogens (primary N) is 2. The zero-order valence-corrected chi connectivity index (χ0v) is 10.6. The van der Waals surface area contributed by atoms with Gasteiger partial charge >= 0.3 is 0 Å². The van der Waals surface area contributed by atoms with Crippen molar-refractivity contribution in [3.8, 4) is 5.75 Å². The van der Waals surface area contributed by atoms with E-state index in [0.29, 0.717) is 23.6 Å². The van der Waals surface area contributed by atoms with E-state index in [4.69, 9.17) is 16.2 Å². The number of amides is 1. The third-order valence-corrected chi connectivity index (χ3v) is 2.38. The summed E-state index contributed by atoms with van der Waals surface area (Å²) in [5, 5.41) is 0. The van der Waals surface area contributed by atoms with Crippen molar-refractivity contribution in [3.05, 3.63) is 23.8 Å². The molecule has 0 aliphatic heterocycles. The highest BCUT2D eigenvalue weighted by Gasteiger charge is 2.13. The number of benzene rings is 1. The average molecular weight is 236 g/mol. The molecule has 4 N–H and O–H groups in total. The smallest absolute Gasteiger partial charge is 0.252 e. The molecule has 4 heteroatoms. The minimum absolute atomic E-state index is 0.195. The van der Waals surface area contributed by atoms with Crippen molar-refractivity contribution < 1.29 is 9.53 Å². The minimum atomic E-state index is -0.525. The zero-order chi connectivity index (χ0) is 13.1. The molecule has 0 radical (unpaired) electrons. The predicted octanol–water partition coefficient (Wildman–Crippen LogP) is 2.18. The average Bonchev–Trinajstić information content (AvgIpc) is 2.18. The number of nitrogen functional groups attached to an aromatic ring is 1. The van der Waals surface area contributed by atoms with Crippen LogP contribution in [0, 0.1) is 5.41 Å². The number of primary amides is 1.